The van der Waals surface area contributed by atoms with Crippen LogP contribution in [0.15, 0.2) is 77.7 Å². The van der Waals surface area contributed by atoms with Crippen molar-refractivity contribution in [3.63, 3.8) is 0 Å². The Morgan fingerprint density at radius 3 is 2.20 bits per heavy atom. The van der Waals surface area contributed by atoms with Gasteiger partial charge in [-0.1, -0.05) is 42.0 Å². The average molecular weight is 427 g/mol. The van der Waals surface area contributed by atoms with Crippen molar-refractivity contribution in [2.45, 2.75) is 24.8 Å². The fourth-order valence-electron chi connectivity index (χ4n) is 3.05. The summed E-state index contributed by atoms with van der Waals surface area (Å²) in [5.74, 6) is -0.779. The number of hydrogen-bond donors (Lipinski definition) is 1. The minimum Gasteiger partial charge on any atom is -0.345 e. The number of para-hydroxylation sites is 1. The second-order valence-corrected chi connectivity index (χ2v) is 9.02. The molecule has 30 heavy (non-hydrogen) atoms. The smallest absolute Gasteiger partial charge is 0.264 e. The number of amides is 1. The first-order valence-electron chi connectivity index (χ1n) is 9.41. The van der Waals surface area contributed by atoms with Crippen LogP contribution in [0, 0.1) is 12.7 Å². The molecule has 3 aromatic carbocycles. The minimum atomic E-state index is -3.84. The highest BCUT2D eigenvalue weighted by Gasteiger charge is 2.25. The zero-order valence-corrected chi connectivity index (χ0v) is 17.8. The van der Waals surface area contributed by atoms with E-state index in [0.29, 0.717) is 0 Å². The maximum absolute atomic E-state index is 13.1. The Bertz CT molecular complexity index is 1140. The van der Waals surface area contributed by atoms with Crippen LogP contribution in [0.25, 0.3) is 0 Å². The molecule has 3 aromatic rings. The monoisotopic (exact) mass is 426 g/mol. The summed E-state index contributed by atoms with van der Waals surface area (Å²) in [6, 6.07) is 18.5. The van der Waals surface area contributed by atoms with Crippen LogP contribution in [-0.2, 0) is 10.0 Å². The first-order chi connectivity index (χ1) is 14.2. The number of sulfonamides is 1. The predicted octanol–water partition coefficient (Wildman–Crippen LogP) is 4.45. The zero-order valence-electron chi connectivity index (χ0n) is 17.0. The van der Waals surface area contributed by atoms with Gasteiger partial charge in [0, 0.05) is 7.05 Å². The summed E-state index contributed by atoms with van der Waals surface area (Å²) in [5, 5.41) is 2.84. The third kappa shape index (κ3) is 4.52. The summed E-state index contributed by atoms with van der Waals surface area (Å²) >= 11 is 0. The lowest BCUT2D eigenvalue weighted by Crippen LogP contribution is -2.31. The lowest BCUT2D eigenvalue weighted by molar-refractivity contribution is 0.0940. The molecule has 156 valence electrons. The molecule has 0 bridgehead atoms. The van der Waals surface area contributed by atoms with Crippen LogP contribution in [0.1, 0.15) is 34.5 Å². The van der Waals surface area contributed by atoms with Gasteiger partial charge in [0.15, 0.2) is 0 Å². The van der Waals surface area contributed by atoms with Crippen LogP contribution in [-0.4, -0.2) is 21.4 Å². The Morgan fingerprint density at radius 1 is 0.967 bits per heavy atom. The Balaban J connectivity index is 1.88. The van der Waals surface area contributed by atoms with Crippen LogP contribution >= 0.6 is 0 Å². The van der Waals surface area contributed by atoms with E-state index in [2.05, 4.69) is 5.32 Å². The largest absolute Gasteiger partial charge is 0.345 e. The second kappa shape index (κ2) is 8.67. The third-order valence-electron chi connectivity index (χ3n) is 4.88. The van der Waals surface area contributed by atoms with Crippen LogP contribution in [0.4, 0.5) is 10.1 Å². The average Bonchev–Trinajstić information content (AvgIpc) is 2.74. The van der Waals surface area contributed by atoms with E-state index in [1.807, 2.05) is 6.92 Å². The number of carbonyl (C=O) groups is 1. The van der Waals surface area contributed by atoms with E-state index in [1.165, 1.54) is 19.2 Å². The molecule has 7 heteroatoms. The van der Waals surface area contributed by atoms with Crippen LogP contribution in [0.2, 0.25) is 0 Å². The van der Waals surface area contributed by atoms with Gasteiger partial charge in [-0.05, 0) is 55.8 Å². The molecule has 0 aromatic heterocycles. The van der Waals surface area contributed by atoms with Gasteiger partial charge >= 0.3 is 0 Å². The molecular weight excluding hydrogens is 403 g/mol. The molecule has 0 radical (unpaired) electrons. The molecule has 0 aliphatic rings. The van der Waals surface area contributed by atoms with Crippen molar-refractivity contribution in [2.75, 3.05) is 11.4 Å². The molecule has 0 saturated heterocycles. The maximum atomic E-state index is 13.1. The second-order valence-electron chi connectivity index (χ2n) is 7.05. The Labute approximate surface area is 176 Å². The number of rotatable bonds is 6. The summed E-state index contributed by atoms with van der Waals surface area (Å²) in [6.45, 7) is 3.66. The molecule has 1 amide bonds. The molecule has 0 fully saturated rings. The number of anilines is 1. The standard InChI is InChI=1S/C23H23FN2O3S/c1-16-8-14-20(15-9-16)30(28,29)26(3)22-7-5-4-6-21(22)23(27)25-17(2)18-10-12-19(24)13-11-18/h4-15,17H,1-3H3,(H,25,27)/t17-/m1/s1. The molecule has 0 saturated carbocycles. The summed E-state index contributed by atoms with van der Waals surface area (Å²) in [6.07, 6.45) is 0. The first-order valence-corrected chi connectivity index (χ1v) is 10.8. The van der Waals surface area contributed by atoms with Gasteiger partial charge in [0.2, 0.25) is 0 Å². The van der Waals surface area contributed by atoms with Crippen LogP contribution in [0.3, 0.4) is 0 Å². The van der Waals surface area contributed by atoms with E-state index < -0.39 is 15.9 Å². The molecule has 0 aliphatic heterocycles. The van der Waals surface area contributed by atoms with Crippen molar-refractivity contribution in [3.8, 4) is 0 Å². The van der Waals surface area contributed by atoms with Crippen molar-refractivity contribution in [1.29, 1.82) is 0 Å². The highest BCUT2D eigenvalue weighted by molar-refractivity contribution is 7.92. The van der Waals surface area contributed by atoms with E-state index in [9.17, 15) is 17.6 Å². The van der Waals surface area contributed by atoms with Gasteiger partial charge in [-0.15, -0.1) is 0 Å². The van der Waals surface area contributed by atoms with Gasteiger partial charge in [0.05, 0.1) is 22.2 Å². The predicted molar refractivity (Wildman–Crippen MR) is 115 cm³/mol. The molecule has 5 nitrogen and oxygen atoms in total. The molecule has 0 aliphatic carbocycles. The number of aryl methyl sites for hydroxylation is 1. The van der Waals surface area contributed by atoms with Gasteiger partial charge in [-0.2, -0.15) is 0 Å². The normalized spacial score (nSPS) is 12.3. The number of nitrogens with one attached hydrogen (secondary N) is 1. The van der Waals surface area contributed by atoms with Crippen LogP contribution in [0.5, 0.6) is 0 Å². The van der Waals surface area contributed by atoms with Gasteiger partial charge in [0.25, 0.3) is 15.9 Å². The third-order valence-corrected chi connectivity index (χ3v) is 6.67. The minimum absolute atomic E-state index is 0.144. The number of benzene rings is 3. The van der Waals surface area contributed by atoms with E-state index >= 15 is 0 Å². The molecule has 0 heterocycles. The molecule has 0 spiro atoms. The fraction of sp³-hybridized carbons (Fsp3) is 0.174. The molecule has 1 atom stereocenters. The molecule has 3 rings (SSSR count). The van der Waals surface area contributed by atoms with Crippen molar-refractivity contribution in [2.24, 2.45) is 0 Å². The zero-order chi connectivity index (χ0) is 21.9. The lowest BCUT2D eigenvalue weighted by Gasteiger charge is -2.23. The fourth-order valence-corrected chi connectivity index (χ4v) is 4.26. The number of nitrogens with zero attached hydrogens (tertiary/aromatic N) is 1. The van der Waals surface area contributed by atoms with E-state index in [4.69, 9.17) is 0 Å². The lowest BCUT2D eigenvalue weighted by atomic mass is 10.1. The van der Waals surface area contributed by atoms with E-state index in [-0.39, 0.29) is 28.0 Å². The summed E-state index contributed by atoms with van der Waals surface area (Å²) in [7, 11) is -2.42. The molecule has 1 N–H and O–H groups in total. The van der Waals surface area contributed by atoms with Gasteiger partial charge < -0.3 is 5.32 Å². The van der Waals surface area contributed by atoms with E-state index in [0.717, 1.165) is 15.4 Å². The van der Waals surface area contributed by atoms with E-state index in [1.54, 1.807) is 67.6 Å². The van der Waals surface area contributed by atoms with Crippen molar-refractivity contribution >= 4 is 21.6 Å². The Morgan fingerprint density at radius 2 is 1.57 bits per heavy atom. The van der Waals surface area contributed by atoms with Gasteiger partial charge in [-0.3, -0.25) is 9.10 Å². The van der Waals surface area contributed by atoms with Crippen molar-refractivity contribution in [1.82, 2.24) is 5.32 Å². The van der Waals surface area contributed by atoms with Crippen LogP contribution < -0.4 is 9.62 Å². The highest BCUT2D eigenvalue weighted by atomic mass is 32.2. The quantitative estimate of drug-likeness (QED) is 0.633. The summed E-state index contributed by atoms with van der Waals surface area (Å²) < 4.78 is 40.4. The molecular formula is C23H23FN2O3S. The number of carbonyl (C=O) groups excluding carboxylic acids is 1. The SMILES string of the molecule is Cc1ccc(S(=O)(=O)N(C)c2ccccc2C(=O)N[C@H](C)c2ccc(F)cc2)cc1. The summed E-state index contributed by atoms with van der Waals surface area (Å²) in [5.41, 5.74) is 2.18. The Kier molecular flexibility index (Phi) is 6.22. The van der Waals surface area contributed by atoms with Crippen molar-refractivity contribution < 1.29 is 17.6 Å². The first kappa shape index (κ1) is 21.5. The van der Waals surface area contributed by atoms with Gasteiger partial charge in [-0.25, -0.2) is 12.8 Å². The summed E-state index contributed by atoms with van der Waals surface area (Å²) in [4.78, 5) is 13.1. The highest BCUT2D eigenvalue weighted by Crippen LogP contribution is 2.26. The number of hydrogen-bond acceptors (Lipinski definition) is 3. The number of halogens is 1. The Hall–Kier alpha value is -3.19. The van der Waals surface area contributed by atoms with Gasteiger partial charge in [0.1, 0.15) is 5.82 Å². The topological polar surface area (TPSA) is 66.5 Å². The molecule has 0 unspecified atom stereocenters. The maximum Gasteiger partial charge on any atom is 0.264 e. The van der Waals surface area contributed by atoms with Crippen molar-refractivity contribution in [3.05, 3.63) is 95.3 Å².